The van der Waals surface area contributed by atoms with Gasteiger partial charge >= 0.3 is 5.91 Å². The quantitative estimate of drug-likeness (QED) is 0.836. The molecule has 2 heterocycles. The fraction of sp³-hybridized carbons (Fsp3) is 0.154. The maximum Gasteiger partial charge on any atom is 0.301 e. The molecule has 6 nitrogen and oxygen atoms in total. The number of ether oxygens (including phenoxy) is 1. The summed E-state index contributed by atoms with van der Waals surface area (Å²) in [6, 6.07) is 3.76. The van der Waals surface area contributed by atoms with E-state index in [4.69, 9.17) is 4.74 Å². The Morgan fingerprint density at radius 1 is 1.20 bits per heavy atom. The maximum absolute atomic E-state index is 11.6. The lowest BCUT2D eigenvalue weighted by Crippen LogP contribution is -2.21. The average Bonchev–Trinajstić information content (AvgIpc) is 2.83. The van der Waals surface area contributed by atoms with Crippen LogP contribution in [0, 0.1) is 6.92 Å². The number of fused-ring (bicyclic) bond motifs is 1. The monoisotopic (exact) mass is 286 g/mol. The Balaban J connectivity index is 2.15. The number of aliphatic imine (C=N–C) groups is 4. The predicted octanol–water partition coefficient (Wildman–Crippen LogP) is 1.46. The number of carbonyl (C=O) groups excluding carboxylic acids is 1. The Hall–Kier alpha value is -2.28. The highest BCUT2D eigenvalue weighted by Crippen LogP contribution is 2.30. The van der Waals surface area contributed by atoms with Crippen LogP contribution < -0.4 is 4.74 Å². The molecule has 1 aromatic rings. The van der Waals surface area contributed by atoms with Crippen LogP contribution in [-0.2, 0) is 4.79 Å². The van der Waals surface area contributed by atoms with Gasteiger partial charge in [-0.05, 0) is 24.6 Å². The Kier molecular flexibility index (Phi) is 2.98. The van der Waals surface area contributed by atoms with Gasteiger partial charge in [-0.3, -0.25) is 4.79 Å². The summed E-state index contributed by atoms with van der Waals surface area (Å²) >= 11 is 4.38. The van der Waals surface area contributed by atoms with Gasteiger partial charge in [0.1, 0.15) is 12.1 Å². The molecular formula is C13H10N4O2S. The van der Waals surface area contributed by atoms with Gasteiger partial charge in [0.2, 0.25) is 0 Å². The van der Waals surface area contributed by atoms with E-state index in [-0.39, 0.29) is 11.5 Å². The summed E-state index contributed by atoms with van der Waals surface area (Å²) in [5.41, 5.74) is 1.83. The lowest BCUT2D eigenvalue weighted by atomic mass is 10.1. The summed E-state index contributed by atoms with van der Waals surface area (Å²) in [7, 11) is 1.55. The topological polar surface area (TPSA) is 75.7 Å². The Morgan fingerprint density at radius 3 is 2.70 bits per heavy atom. The fourth-order valence-electron chi connectivity index (χ4n) is 2.02. The van der Waals surface area contributed by atoms with Crippen molar-refractivity contribution in [2.75, 3.05) is 7.11 Å². The van der Waals surface area contributed by atoms with E-state index in [0.29, 0.717) is 22.0 Å². The summed E-state index contributed by atoms with van der Waals surface area (Å²) in [5.74, 6) is 0.791. The number of amides is 1. The molecule has 0 atom stereocenters. The van der Waals surface area contributed by atoms with Gasteiger partial charge < -0.3 is 4.74 Å². The fourth-order valence-corrected chi connectivity index (χ4v) is 2.44. The summed E-state index contributed by atoms with van der Waals surface area (Å²) in [5, 5.41) is 0. The highest BCUT2D eigenvalue weighted by molar-refractivity contribution is 7.80. The van der Waals surface area contributed by atoms with Crippen molar-refractivity contribution in [3.8, 4) is 5.75 Å². The summed E-state index contributed by atoms with van der Waals surface area (Å²) in [6.45, 7) is 1.93. The molecule has 0 N–H and O–H groups in total. The third-order valence-electron chi connectivity index (χ3n) is 2.86. The molecule has 100 valence electrons. The SMILES string of the molecule is COc1c(S)cc(C)cc1C1=NC2=NC=NC(=O)C2=N1. The summed E-state index contributed by atoms with van der Waals surface area (Å²) in [4.78, 5) is 28.3. The van der Waals surface area contributed by atoms with Gasteiger partial charge in [-0.15, -0.1) is 12.6 Å². The molecule has 20 heavy (non-hydrogen) atoms. The largest absolute Gasteiger partial charge is 0.495 e. The molecule has 2 aliphatic heterocycles. The van der Waals surface area contributed by atoms with E-state index in [1.165, 1.54) is 6.34 Å². The molecule has 0 aromatic heterocycles. The van der Waals surface area contributed by atoms with Crippen molar-refractivity contribution in [2.24, 2.45) is 20.0 Å². The van der Waals surface area contributed by atoms with Gasteiger partial charge in [-0.25, -0.2) is 15.0 Å². The molecule has 0 aliphatic carbocycles. The molecular weight excluding hydrogens is 276 g/mol. The van der Waals surface area contributed by atoms with Gasteiger partial charge in [0, 0.05) is 4.90 Å². The number of nitrogens with zero attached hydrogens (tertiary/aromatic N) is 4. The van der Waals surface area contributed by atoms with Gasteiger partial charge in [-0.2, -0.15) is 4.99 Å². The number of hydrogen-bond donors (Lipinski definition) is 1. The van der Waals surface area contributed by atoms with Crippen molar-refractivity contribution in [1.82, 2.24) is 0 Å². The second-order valence-corrected chi connectivity index (χ2v) is 4.74. The minimum Gasteiger partial charge on any atom is -0.495 e. The standard InChI is InChI=1S/C13H10N4O2S/c1-6-3-7(10(19-2)8(20)4-6)11-16-9-12(17-11)14-5-15-13(9)18/h3-5,20H,1-2H3. The number of rotatable bonds is 2. The lowest BCUT2D eigenvalue weighted by molar-refractivity contribution is -0.111. The Labute approximate surface area is 120 Å². The van der Waals surface area contributed by atoms with Crippen LogP contribution in [0.5, 0.6) is 5.75 Å². The second-order valence-electron chi connectivity index (χ2n) is 4.26. The molecule has 0 saturated carbocycles. The number of carbonyl (C=O) groups is 1. The Morgan fingerprint density at radius 2 is 2.00 bits per heavy atom. The number of methoxy groups -OCH3 is 1. The summed E-state index contributed by atoms with van der Waals surface area (Å²) < 4.78 is 5.34. The highest BCUT2D eigenvalue weighted by Gasteiger charge is 2.28. The van der Waals surface area contributed by atoms with Crippen molar-refractivity contribution in [2.45, 2.75) is 11.8 Å². The van der Waals surface area contributed by atoms with E-state index < -0.39 is 5.91 Å². The molecule has 0 spiro atoms. The van der Waals surface area contributed by atoms with Crippen LogP contribution >= 0.6 is 12.6 Å². The van der Waals surface area contributed by atoms with Crippen LogP contribution in [0.2, 0.25) is 0 Å². The number of thiol groups is 1. The molecule has 1 amide bonds. The van der Waals surface area contributed by atoms with E-state index in [1.807, 2.05) is 19.1 Å². The van der Waals surface area contributed by atoms with E-state index in [0.717, 1.165) is 5.56 Å². The van der Waals surface area contributed by atoms with Gasteiger partial charge in [0.15, 0.2) is 17.4 Å². The van der Waals surface area contributed by atoms with Gasteiger partial charge in [0.05, 0.1) is 12.7 Å². The first kappa shape index (κ1) is 12.7. The van der Waals surface area contributed by atoms with E-state index in [9.17, 15) is 4.79 Å². The minimum absolute atomic E-state index is 0.159. The molecule has 0 fully saturated rings. The van der Waals surface area contributed by atoms with Crippen LogP contribution in [-0.4, -0.2) is 36.7 Å². The van der Waals surface area contributed by atoms with E-state index in [1.54, 1.807) is 7.11 Å². The lowest BCUT2D eigenvalue weighted by Gasteiger charge is -2.10. The normalized spacial score (nSPS) is 16.6. The van der Waals surface area contributed by atoms with Crippen LogP contribution in [0.15, 0.2) is 37.0 Å². The zero-order valence-electron chi connectivity index (χ0n) is 10.8. The second kappa shape index (κ2) is 4.68. The predicted molar refractivity (Wildman–Crippen MR) is 79.9 cm³/mol. The Bertz CT molecular complexity index is 747. The van der Waals surface area contributed by atoms with Crippen molar-refractivity contribution in [3.05, 3.63) is 23.3 Å². The van der Waals surface area contributed by atoms with Gasteiger partial charge in [0.25, 0.3) is 0 Å². The molecule has 3 rings (SSSR count). The zero-order valence-corrected chi connectivity index (χ0v) is 11.7. The molecule has 7 heteroatoms. The molecule has 1 aromatic carbocycles. The third kappa shape index (κ3) is 1.96. The van der Waals surface area contributed by atoms with Crippen molar-refractivity contribution < 1.29 is 9.53 Å². The average molecular weight is 286 g/mol. The number of hydrogen-bond acceptors (Lipinski definition) is 6. The first-order valence-corrected chi connectivity index (χ1v) is 6.25. The maximum atomic E-state index is 11.6. The van der Waals surface area contributed by atoms with Crippen LogP contribution in [0.1, 0.15) is 11.1 Å². The van der Waals surface area contributed by atoms with Crippen molar-refractivity contribution in [1.29, 1.82) is 0 Å². The van der Waals surface area contributed by atoms with Crippen molar-refractivity contribution in [3.63, 3.8) is 0 Å². The highest BCUT2D eigenvalue weighted by atomic mass is 32.1. The van der Waals surface area contributed by atoms with Crippen LogP contribution in [0.25, 0.3) is 0 Å². The number of aryl methyl sites for hydroxylation is 1. The minimum atomic E-state index is -0.438. The molecule has 0 saturated heterocycles. The zero-order chi connectivity index (χ0) is 14.3. The summed E-state index contributed by atoms with van der Waals surface area (Å²) in [6.07, 6.45) is 1.18. The first-order valence-electron chi connectivity index (χ1n) is 5.80. The molecule has 0 bridgehead atoms. The van der Waals surface area contributed by atoms with Crippen LogP contribution in [0.3, 0.4) is 0 Å². The van der Waals surface area contributed by atoms with Crippen molar-refractivity contribution >= 4 is 42.3 Å². The van der Waals surface area contributed by atoms with Gasteiger partial charge in [-0.1, -0.05) is 0 Å². The van der Waals surface area contributed by atoms with Crippen LogP contribution in [0.4, 0.5) is 0 Å². The first-order chi connectivity index (χ1) is 9.60. The van der Waals surface area contributed by atoms with E-state index in [2.05, 4.69) is 32.6 Å². The number of amidine groups is 2. The number of benzene rings is 1. The van der Waals surface area contributed by atoms with E-state index >= 15 is 0 Å². The molecule has 0 radical (unpaired) electrons. The molecule has 2 aliphatic rings. The molecule has 0 unspecified atom stereocenters. The third-order valence-corrected chi connectivity index (χ3v) is 3.19. The smallest absolute Gasteiger partial charge is 0.301 e.